The molecule has 0 unspecified atom stereocenters. The Morgan fingerprint density at radius 3 is 2.65 bits per heavy atom. The number of hydrogen-bond acceptors (Lipinski definition) is 6. The third-order valence-corrected chi connectivity index (χ3v) is 7.78. The molecule has 4 aliphatic heterocycles. The second-order valence-corrected chi connectivity index (χ2v) is 9.65. The fourth-order valence-electron chi connectivity index (χ4n) is 5.93. The van der Waals surface area contributed by atoms with Crippen molar-refractivity contribution >= 4 is 17.6 Å². The van der Waals surface area contributed by atoms with Gasteiger partial charge in [0.1, 0.15) is 12.0 Å². The summed E-state index contributed by atoms with van der Waals surface area (Å²) in [5.74, 6) is 1.02. The van der Waals surface area contributed by atoms with Crippen molar-refractivity contribution in [3.63, 3.8) is 0 Å². The van der Waals surface area contributed by atoms with E-state index >= 15 is 0 Å². The normalized spacial score (nSPS) is 25.4. The first kappa shape index (κ1) is 21.6. The predicted octanol–water partition coefficient (Wildman–Crippen LogP) is 2.74. The lowest BCUT2D eigenvalue weighted by atomic mass is 9.89. The summed E-state index contributed by atoms with van der Waals surface area (Å²) >= 11 is 0. The third-order valence-electron chi connectivity index (χ3n) is 7.78. The number of benzene rings is 1. The van der Waals surface area contributed by atoms with Crippen molar-refractivity contribution in [1.29, 1.82) is 0 Å². The number of carbonyl (C=O) groups is 2. The molecule has 178 valence electrons. The predicted molar refractivity (Wildman–Crippen MR) is 125 cm³/mol. The van der Waals surface area contributed by atoms with E-state index in [1.54, 1.807) is 12.0 Å². The quantitative estimate of drug-likeness (QED) is 0.680. The average Bonchev–Trinajstić information content (AvgIpc) is 3.50. The van der Waals surface area contributed by atoms with Gasteiger partial charge in [-0.3, -0.25) is 9.59 Å². The van der Waals surface area contributed by atoms with Crippen molar-refractivity contribution in [2.45, 2.75) is 50.1 Å². The Hall–Kier alpha value is -2.97. The van der Waals surface area contributed by atoms with Gasteiger partial charge in [-0.15, -0.1) is 0 Å². The fourth-order valence-corrected chi connectivity index (χ4v) is 5.93. The van der Waals surface area contributed by atoms with Crippen LogP contribution < -0.4 is 4.90 Å². The first-order valence-corrected chi connectivity index (χ1v) is 12.2. The monoisotopic (exact) mass is 462 g/mol. The van der Waals surface area contributed by atoms with Gasteiger partial charge in [0.05, 0.1) is 30.5 Å². The van der Waals surface area contributed by atoms with E-state index in [0.29, 0.717) is 51.2 Å². The van der Waals surface area contributed by atoms with Crippen LogP contribution in [-0.4, -0.2) is 71.8 Å². The molecule has 2 amide bonds. The zero-order valence-corrected chi connectivity index (χ0v) is 19.5. The van der Waals surface area contributed by atoms with Crippen LogP contribution in [-0.2, 0) is 20.8 Å². The molecule has 2 aromatic rings. The number of amides is 2. The minimum Gasteiger partial charge on any atom is -0.383 e. The highest BCUT2D eigenvalue weighted by Crippen LogP contribution is 2.47. The highest BCUT2D eigenvalue weighted by Gasteiger charge is 2.58. The lowest BCUT2D eigenvalue weighted by molar-refractivity contribution is -0.140. The molecule has 34 heavy (non-hydrogen) atoms. The van der Waals surface area contributed by atoms with Gasteiger partial charge in [-0.1, -0.05) is 30.3 Å². The minimum absolute atomic E-state index is 0.0159. The number of carbonyl (C=O) groups excluding carboxylic acids is 2. The second kappa shape index (κ2) is 8.36. The van der Waals surface area contributed by atoms with Crippen molar-refractivity contribution in [2.75, 3.05) is 38.3 Å². The largest absolute Gasteiger partial charge is 0.383 e. The lowest BCUT2D eigenvalue weighted by Gasteiger charge is -2.38. The molecule has 3 saturated heterocycles. The van der Waals surface area contributed by atoms with Gasteiger partial charge in [0, 0.05) is 39.6 Å². The number of fused-ring (bicyclic) bond motifs is 2. The molecular weight excluding hydrogens is 432 g/mol. The standard InChI is InChI=1S/C26H30N4O4/c1-33-16-15-29-17-20-19(24(29)31)7-9-22(27-20)28-13-11-26(12-14-28)25(32)30-21(8-10-23(30)34-26)18-5-3-2-4-6-18/h2-7,9,21,23H,8,10-17H2,1H3/t21-,23+/m0/s1. The molecule has 0 N–H and O–H groups in total. The van der Waals surface area contributed by atoms with Crippen LogP contribution in [0.3, 0.4) is 0 Å². The summed E-state index contributed by atoms with van der Waals surface area (Å²) < 4.78 is 11.6. The van der Waals surface area contributed by atoms with E-state index in [4.69, 9.17) is 14.5 Å². The van der Waals surface area contributed by atoms with E-state index in [9.17, 15) is 9.59 Å². The van der Waals surface area contributed by atoms with Gasteiger partial charge >= 0.3 is 0 Å². The Kier molecular flexibility index (Phi) is 5.30. The maximum absolute atomic E-state index is 13.6. The molecule has 6 rings (SSSR count). The second-order valence-electron chi connectivity index (χ2n) is 9.65. The van der Waals surface area contributed by atoms with Crippen molar-refractivity contribution in [3.05, 3.63) is 59.3 Å². The summed E-state index contributed by atoms with van der Waals surface area (Å²) in [6.07, 6.45) is 3.01. The number of hydrogen-bond donors (Lipinski definition) is 0. The van der Waals surface area contributed by atoms with Crippen LogP contribution in [0.15, 0.2) is 42.5 Å². The van der Waals surface area contributed by atoms with Gasteiger partial charge in [0.2, 0.25) is 0 Å². The van der Waals surface area contributed by atoms with Gasteiger partial charge in [-0.05, 0) is 30.5 Å². The Morgan fingerprint density at radius 1 is 1.09 bits per heavy atom. The van der Waals surface area contributed by atoms with Gasteiger partial charge in [0.25, 0.3) is 11.8 Å². The van der Waals surface area contributed by atoms with E-state index < -0.39 is 5.60 Å². The molecule has 1 aromatic carbocycles. The van der Waals surface area contributed by atoms with Crippen LogP contribution in [0.4, 0.5) is 5.82 Å². The minimum atomic E-state index is -0.724. The van der Waals surface area contributed by atoms with Crippen LogP contribution in [0, 0.1) is 0 Å². The number of aromatic nitrogens is 1. The number of ether oxygens (including phenoxy) is 2. The number of nitrogens with zero attached hydrogens (tertiary/aromatic N) is 4. The van der Waals surface area contributed by atoms with E-state index in [0.717, 1.165) is 24.4 Å². The number of pyridine rings is 1. The van der Waals surface area contributed by atoms with Crippen LogP contribution in [0.5, 0.6) is 0 Å². The highest BCUT2D eigenvalue weighted by molar-refractivity contribution is 5.98. The fraction of sp³-hybridized carbons (Fsp3) is 0.500. The topological polar surface area (TPSA) is 75.2 Å². The van der Waals surface area contributed by atoms with E-state index in [1.807, 2.05) is 35.2 Å². The van der Waals surface area contributed by atoms with E-state index in [2.05, 4.69) is 17.0 Å². The summed E-state index contributed by atoms with van der Waals surface area (Å²) in [6.45, 7) is 3.00. The van der Waals surface area contributed by atoms with Crippen LogP contribution >= 0.6 is 0 Å². The summed E-state index contributed by atoms with van der Waals surface area (Å²) in [4.78, 5) is 37.0. The zero-order chi connectivity index (χ0) is 23.3. The molecule has 0 saturated carbocycles. The summed E-state index contributed by atoms with van der Waals surface area (Å²) in [5.41, 5.74) is 1.96. The molecule has 4 aliphatic rings. The van der Waals surface area contributed by atoms with Crippen molar-refractivity contribution < 1.29 is 19.1 Å². The Labute approximate surface area is 199 Å². The molecule has 5 heterocycles. The molecule has 0 aliphatic carbocycles. The van der Waals surface area contributed by atoms with Gasteiger partial charge < -0.3 is 24.2 Å². The molecule has 3 fully saturated rings. The van der Waals surface area contributed by atoms with Crippen LogP contribution in [0.25, 0.3) is 0 Å². The van der Waals surface area contributed by atoms with E-state index in [1.165, 1.54) is 5.56 Å². The summed E-state index contributed by atoms with van der Waals surface area (Å²) in [7, 11) is 1.64. The molecule has 1 aromatic heterocycles. The molecule has 1 spiro atoms. The number of anilines is 1. The molecule has 8 heteroatoms. The molecule has 8 nitrogen and oxygen atoms in total. The number of rotatable bonds is 5. The van der Waals surface area contributed by atoms with Gasteiger partial charge in [-0.2, -0.15) is 0 Å². The van der Waals surface area contributed by atoms with Crippen molar-refractivity contribution in [2.24, 2.45) is 0 Å². The first-order chi connectivity index (χ1) is 16.6. The lowest BCUT2D eigenvalue weighted by Crippen LogP contribution is -2.50. The highest BCUT2D eigenvalue weighted by atomic mass is 16.6. The third kappa shape index (κ3) is 3.39. The summed E-state index contributed by atoms with van der Waals surface area (Å²) in [5, 5.41) is 0. The SMILES string of the molecule is COCCN1Cc2nc(N3CCC4(CC3)O[C@@H]3CC[C@@H](c5ccccc5)N3C4=O)ccc2C1=O. The maximum Gasteiger partial charge on any atom is 0.257 e. The zero-order valence-electron chi connectivity index (χ0n) is 19.5. The van der Waals surface area contributed by atoms with Crippen molar-refractivity contribution in [1.82, 2.24) is 14.8 Å². The van der Waals surface area contributed by atoms with Crippen LogP contribution in [0.2, 0.25) is 0 Å². The summed E-state index contributed by atoms with van der Waals surface area (Å²) in [6, 6.07) is 14.2. The smallest absolute Gasteiger partial charge is 0.257 e. The first-order valence-electron chi connectivity index (χ1n) is 12.2. The number of piperidine rings is 1. The molecule has 0 bridgehead atoms. The van der Waals surface area contributed by atoms with Gasteiger partial charge in [0.15, 0.2) is 5.60 Å². The van der Waals surface area contributed by atoms with Gasteiger partial charge in [-0.25, -0.2) is 4.98 Å². The average molecular weight is 463 g/mol. The molecule has 2 atom stereocenters. The Bertz CT molecular complexity index is 1100. The van der Waals surface area contributed by atoms with Crippen LogP contribution in [0.1, 0.15) is 53.3 Å². The Morgan fingerprint density at radius 2 is 1.88 bits per heavy atom. The maximum atomic E-state index is 13.6. The van der Waals surface area contributed by atoms with E-state index in [-0.39, 0.29) is 24.1 Å². The Balaban J connectivity index is 1.14. The molecular formula is C26H30N4O4. The molecule has 0 radical (unpaired) electrons. The van der Waals surface area contributed by atoms with Crippen molar-refractivity contribution in [3.8, 4) is 0 Å². The number of methoxy groups -OCH3 is 1.